The zero-order valence-electron chi connectivity index (χ0n) is 14.9. The second kappa shape index (κ2) is 7.69. The topological polar surface area (TPSA) is 50.8 Å². The zero-order chi connectivity index (χ0) is 17.9. The summed E-state index contributed by atoms with van der Waals surface area (Å²) < 4.78 is 16.1. The van der Waals surface area contributed by atoms with E-state index in [1.807, 2.05) is 32.9 Å². The predicted molar refractivity (Wildman–Crippen MR) is 97.4 cm³/mol. The van der Waals surface area contributed by atoms with Crippen LogP contribution in [0.5, 0.6) is 17.2 Å². The van der Waals surface area contributed by atoms with Gasteiger partial charge < -0.3 is 19.3 Å². The molecule has 0 radical (unpaired) electrons. The molecule has 0 heterocycles. The number of rotatable bonds is 5. The Labute approximate surface area is 144 Å². The summed E-state index contributed by atoms with van der Waals surface area (Å²) in [6.07, 6.45) is 0. The molecule has 0 amide bonds. The molecule has 0 atom stereocenters. The summed E-state index contributed by atoms with van der Waals surface area (Å²) in [6.45, 7) is 5.96. The fourth-order valence-corrected chi connectivity index (χ4v) is 3.97. The molecule has 0 saturated carbocycles. The summed E-state index contributed by atoms with van der Waals surface area (Å²) in [6, 6.07) is 7.57. The van der Waals surface area contributed by atoms with Gasteiger partial charge in [-0.15, -0.1) is 5.48 Å². The number of benzene rings is 2. The summed E-state index contributed by atoms with van der Waals surface area (Å²) in [5.74, 6) is 1.77. The van der Waals surface area contributed by atoms with E-state index in [1.54, 1.807) is 33.5 Å². The first-order valence-corrected chi connectivity index (χ1v) is 8.44. The summed E-state index contributed by atoms with van der Waals surface area (Å²) in [4.78, 5) is 0. The molecule has 128 valence electrons. The van der Waals surface area contributed by atoms with Crippen molar-refractivity contribution in [2.24, 2.45) is 0 Å². The fourth-order valence-electron chi connectivity index (χ4n) is 2.77. The maximum Gasteiger partial charge on any atom is 0.138 e. The highest BCUT2D eigenvalue weighted by Gasteiger charge is 2.12. The Morgan fingerprint density at radius 2 is 1.33 bits per heavy atom. The molecule has 0 aromatic heterocycles. The Hall–Kier alpha value is -2.03. The van der Waals surface area contributed by atoms with Gasteiger partial charge in [0.1, 0.15) is 17.2 Å². The predicted octanol–water partition coefficient (Wildman–Crippen LogP) is 2.75. The van der Waals surface area contributed by atoms with Crippen molar-refractivity contribution in [2.75, 3.05) is 21.3 Å². The van der Waals surface area contributed by atoms with Crippen molar-refractivity contribution in [1.82, 2.24) is 0 Å². The van der Waals surface area contributed by atoms with Crippen LogP contribution in [0.1, 0.15) is 22.3 Å². The Morgan fingerprint density at radius 1 is 0.833 bits per heavy atom. The van der Waals surface area contributed by atoms with E-state index in [-0.39, 0.29) is 5.48 Å². The monoisotopic (exact) mass is 345 g/mol. The molecule has 5 heteroatoms. The summed E-state index contributed by atoms with van der Waals surface area (Å²) in [5, 5.41) is 13.6. The molecule has 0 aliphatic carbocycles. The zero-order valence-corrected chi connectivity index (χ0v) is 15.8. The summed E-state index contributed by atoms with van der Waals surface area (Å²) in [7, 11) is 5.23. The lowest BCUT2D eigenvalue weighted by Gasteiger charge is -2.20. The van der Waals surface area contributed by atoms with Gasteiger partial charge in [-0.05, 0) is 37.5 Å². The maximum atomic E-state index is 12.9. The van der Waals surface area contributed by atoms with E-state index in [1.165, 1.54) is 0 Å². The van der Waals surface area contributed by atoms with Crippen molar-refractivity contribution in [2.45, 2.75) is 20.8 Å². The van der Waals surface area contributed by atoms with E-state index in [0.29, 0.717) is 30.8 Å². The Morgan fingerprint density at radius 3 is 1.75 bits per heavy atom. The molecule has 0 saturated heterocycles. The average Bonchev–Trinajstić information content (AvgIpc) is 2.53. The number of ether oxygens (including phenoxy) is 3. The van der Waals surface area contributed by atoms with Crippen molar-refractivity contribution in [1.29, 1.82) is 0 Å². The van der Waals surface area contributed by atoms with Crippen molar-refractivity contribution in [3.8, 4) is 17.2 Å². The van der Waals surface area contributed by atoms with Gasteiger partial charge >= 0.3 is 0 Å². The first kappa shape index (κ1) is 18.3. The lowest BCUT2D eigenvalue weighted by Crippen LogP contribution is -2.21. The number of methoxy groups -OCH3 is 3. The van der Waals surface area contributed by atoms with Gasteiger partial charge in [0.15, 0.2) is 0 Å². The van der Waals surface area contributed by atoms with E-state index < -0.39 is 0 Å². The summed E-state index contributed by atoms with van der Waals surface area (Å²) in [5.41, 5.74) is 3.89. The van der Waals surface area contributed by atoms with Crippen molar-refractivity contribution in [3.05, 3.63) is 46.5 Å². The molecular formula is C19H22O4P-. The van der Waals surface area contributed by atoms with E-state index in [2.05, 4.69) is 0 Å². The van der Waals surface area contributed by atoms with Crippen LogP contribution in [0.4, 0.5) is 0 Å². The van der Waals surface area contributed by atoms with Crippen LogP contribution in [0, 0.1) is 20.8 Å². The van der Waals surface area contributed by atoms with Crippen LogP contribution >= 0.6 is 8.20 Å². The quantitative estimate of drug-likeness (QED) is 0.782. The van der Waals surface area contributed by atoms with Gasteiger partial charge in [0.2, 0.25) is 0 Å². The molecular weight excluding hydrogens is 323 g/mol. The minimum Gasteiger partial charge on any atom is -0.823 e. The lowest BCUT2D eigenvalue weighted by atomic mass is 10.0. The van der Waals surface area contributed by atoms with E-state index in [9.17, 15) is 5.11 Å². The van der Waals surface area contributed by atoms with Crippen LogP contribution in [0.3, 0.4) is 0 Å². The molecule has 0 aliphatic heterocycles. The first-order chi connectivity index (χ1) is 11.4. The van der Waals surface area contributed by atoms with E-state index in [4.69, 9.17) is 14.2 Å². The molecule has 0 spiro atoms. The van der Waals surface area contributed by atoms with Crippen molar-refractivity contribution in [3.63, 3.8) is 0 Å². The SMILES string of the molecule is COc1cc(OC)c(P=C([O-])c2c(C)cc(C)cc2C)c(OC)c1. The van der Waals surface area contributed by atoms with Gasteiger partial charge in [0, 0.05) is 12.1 Å². The highest BCUT2D eigenvalue weighted by atomic mass is 31.1. The average molecular weight is 345 g/mol. The number of hydrogen-bond acceptors (Lipinski definition) is 4. The van der Waals surface area contributed by atoms with E-state index in [0.717, 1.165) is 22.3 Å². The molecule has 0 aliphatic rings. The molecule has 0 N–H and O–H groups in total. The number of aryl methyl sites for hydroxylation is 3. The molecule has 0 fully saturated rings. The van der Waals surface area contributed by atoms with Crippen LogP contribution in [-0.2, 0) is 0 Å². The minimum absolute atomic E-state index is 0.0202. The normalized spacial score (nSPS) is 11.4. The molecule has 2 aromatic rings. The fraction of sp³-hybridized carbons (Fsp3) is 0.316. The Bertz CT molecular complexity index is 733. The van der Waals surface area contributed by atoms with Gasteiger partial charge in [0.25, 0.3) is 0 Å². The second-order valence-corrected chi connectivity index (χ2v) is 6.65. The standard InChI is InChI=1S/C19H23O4P/c1-11-7-12(2)17(13(3)8-11)19(20)24-18-15(22-5)9-14(21-4)10-16(18)23-6/h7-10,20H,1-6H3/p-1. The third-order valence-electron chi connectivity index (χ3n) is 3.79. The highest BCUT2D eigenvalue weighted by Crippen LogP contribution is 2.30. The largest absolute Gasteiger partial charge is 0.823 e. The third-order valence-corrected chi connectivity index (χ3v) is 4.88. The minimum atomic E-state index is 0.0202. The van der Waals surface area contributed by atoms with Gasteiger partial charge in [-0.1, -0.05) is 25.9 Å². The Kier molecular flexibility index (Phi) is 5.87. The van der Waals surface area contributed by atoms with Crippen LogP contribution < -0.4 is 24.6 Å². The van der Waals surface area contributed by atoms with Gasteiger partial charge in [-0.3, -0.25) is 0 Å². The van der Waals surface area contributed by atoms with Crippen molar-refractivity contribution < 1.29 is 19.3 Å². The molecule has 0 unspecified atom stereocenters. The van der Waals surface area contributed by atoms with E-state index >= 15 is 0 Å². The molecule has 0 bridgehead atoms. The van der Waals surface area contributed by atoms with Gasteiger partial charge in [-0.2, -0.15) is 0 Å². The highest BCUT2D eigenvalue weighted by molar-refractivity contribution is 7.49. The second-order valence-electron chi connectivity index (χ2n) is 5.57. The maximum absolute atomic E-state index is 12.9. The van der Waals surface area contributed by atoms with Crippen LogP contribution in [0.15, 0.2) is 24.3 Å². The smallest absolute Gasteiger partial charge is 0.138 e. The summed E-state index contributed by atoms with van der Waals surface area (Å²) >= 11 is 0. The van der Waals surface area contributed by atoms with Crippen LogP contribution in [0.25, 0.3) is 0 Å². The van der Waals surface area contributed by atoms with Crippen LogP contribution in [0.2, 0.25) is 0 Å². The molecule has 2 aromatic carbocycles. The first-order valence-electron chi connectivity index (χ1n) is 7.55. The lowest BCUT2D eigenvalue weighted by molar-refractivity contribution is -0.207. The van der Waals surface area contributed by atoms with Crippen LogP contribution in [-0.4, -0.2) is 26.8 Å². The van der Waals surface area contributed by atoms with Gasteiger partial charge in [-0.25, -0.2) is 0 Å². The molecule has 2 rings (SSSR count). The Balaban J connectivity index is 2.63. The van der Waals surface area contributed by atoms with Gasteiger partial charge in [0.05, 0.1) is 26.6 Å². The number of hydrogen-bond donors (Lipinski definition) is 0. The third kappa shape index (κ3) is 3.72. The molecule has 24 heavy (non-hydrogen) atoms. The van der Waals surface area contributed by atoms with Crippen molar-refractivity contribution >= 4 is 19.0 Å². The molecule has 4 nitrogen and oxygen atoms in total.